The van der Waals surface area contributed by atoms with Gasteiger partial charge in [-0.05, 0) is 71.4 Å². The SMILES string of the molecule is CC(C)c1ccc(-c2cc(C(F)(F)F)n3nc(C(=O)N4N=C5/C(=C/c6cccs6)CCC[C@H]5[C@H]4c4cccs4)cc3n2)cc1. The van der Waals surface area contributed by atoms with Crippen LogP contribution in [0.4, 0.5) is 13.2 Å². The number of hydrogen-bond acceptors (Lipinski definition) is 6. The Hall–Kier alpha value is -4.09. The van der Waals surface area contributed by atoms with Gasteiger partial charge in [-0.25, -0.2) is 14.5 Å². The highest BCUT2D eigenvalue weighted by molar-refractivity contribution is 7.11. The molecule has 11 heteroatoms. The molecule has 5 aromatic rings. The third-order valence-electron chi connectivity index (χ3n) is 8.21. The van der Waals surface area contributed by atoms with Crippen LogP contribution in [-0.2, 0) is 6.18 Å². The fraction of sp³-hybridized carbons (Fsp3) is 0.273. The van der Waals surface area contributed by atoms with E-state index in [1.807, 2.05) is 47.2 Å². The zero-order valence-electron chi connectivity index (χ0n) is 24.0. The topological polar surface area (TPSA) is 62.9 Å². The van der Waals surface area contributed by atoms with E-state index in [9.17, 15) is 18.0 Å². The van der Waals surface area contributed by atoms with Crippen molar-refractivity contribution < 1.29 is 18.0 Å². The van der Waals surface area contributed by atoms with Crippen molar-refractivity contribution in [3.63, 3.8) is 0 Å². The molecular formula is C33H28F3N5OS2. The van der Waals surface area contributed by atoms with Gasteiger partial charge in [0.1, 0.15) is 0 Å². The maximum Gasteiger partial charge on any atom is 0.433 e. The monoisotopic (exact) mass is 631 g/mol. The average Bonchev–Trinajstić information content (AvgIpc) is 3.82. The summed E-state index contributed by atoms with van der Waals surface area (Å²) >= 11 is 3.18. The molecule has 0 spiro atoms. The maximum atomic E-state index is 14.3. The highest BCUT2D eigenvalue weighted by Crippen LogP contribution is 2.46. The molecule has 0 N–H and O–H groups in total. The summed E-state index contributed by atoms with van der Waals surface area (Å²) < 4.78 is 43.7. The minimum absolute atomic E-state index is 0.0149. The molecule has 7 rings (SSSR count). The van der Waals surface area contributed by atoms with E-state index in [1.54, 1.807) is 34.8 Å². The quantitative estimate of drug-likeness (QED) is 0.194. The molecule has 1 fully saturated rings. The first-order valence-corrected chi connectivity index (χ1v) is 16.2. The number of nitrogens with zero attached hydrogens (tertiary/aromatic N) is 5. The van der Waals surface area contributed by atoms with Gasteiger partial charge in [0, 0.05) is 27.3 Å². The lowest BCUT2D eigenvalue weighted by Gasteiger charge is -2.28. The molecule has 0 unspecified atom stereocenters. The Morgan fingerprint density at radius 3 is 2.50 bits per heavy atom. The number of thiophene rings is 2. The molecule has 1 saturated carbocycles. The Labute approximate surface area is 260 Å². The first-order valence-electron chi connectivity index (χ1n) is 14.5. The average molecular weight is 632 g/mol. The third-order valence-corrected chi connectivity index (χ3v) is 9.98. The number of halogens is 3. The van der Waals surface area contributed by atoms with Crippen molar-refractivity contribution in [3.8, 4) is 11.3 Å². The van der Waals surface area contributed by atoms with Crippen LogP contribution in [0.2, 0.25) is 0 Å². The Balaban J connectivity index is 1.31. The third kappa shape index (κ3) is 5.17. The summed E-state index contributed by atoms with van der Waals surface area (Å²) in [7, 11) is 0. The first-order chi connectivity index (χ1) is 21.2. The number of fused-ring (bicyclic) bond motifs is 2. The molecule has 4 aromatic heterocycles. The molecule has 1 aromatic carbocycles. The van der Waals surface area contributed by atoms with E-state index in [0.717, 1.165) is 56.4 Å². The van der Waals surface area contributed by atoms with E-state index < -0.39 is 17.8 Å². The van der Waals surface area contributed by atoms with Crippen LogP contribution in [-0.4, -0.2) is 31.2 Å². The summed E-state index contributed by atoms with van der Waals surface area (Å²) in [6.45, 7) is 4.10. The molecule has 0 bridgehead atoms. The van der Waals surface area contributed by atoms with Gasteiger partial charge in [0.05, 0.1) is 17.4 Å². The summed E-state index contributed by atoms with van der Waals surface area (Å²) in [6, 6.07) is 17.2. The van der Waals surface area contributed by atoms with Gasteiger partial charge in [0.2, 0.25) is 0 Å². The molecule has 224 valence electrons. The van der Waals surface area contributed by atoms with E-state index in [1.165, 1.54) is 11.1 Å². The second-order valence-corrected chi connectivity index (χ2v) is 13.3. The largest absolute Gasteiger partial charge is 0.433 e. The number of alkyl halides is 3. The van der Waals surface area contributed by atoms with Gasteiger partial charge in [-0.2, -0.15) is 23.4 Å². The number of allylic oxidation sites excluding steroid dienone is 1. The van der Waals surface area contributed by atoms with Crippen molar-refractivity contribution in [3.05, 3.63) is 104 Å². The van der Waals surface area contributed by atoms with Crippen LogP contribution >= 0.6 is 22.7 Å². The molecular weight excluding hydrogens is 604 g/mol. The van der Waals surface area contributed by atoms with Crippen LogP contribution in [0.5, 0.6) is 0 Å². The number of aromatic nitrogens is 3. The van der Waals surface area contributed by atoms with Crippen molar-refractivity contribution in [2.24, 2.45) is 11.0 Å². The summed E-state index contributed by atoms with van der Waals surface area (Å²) in [6.07, 6.45) is 0.0785. The number of carbonyl (C=O) groups excluding carboxylic acids is 1. The van der Waals surface area contributed by atoms with E-state index in [4.69, 9.17) is 5.10 Å². The van der Waals surface area contributed by atoms with Gasteiger partial charge in [-0.15, -0.1) is 22.7 Å². The Morgan fingerprint density at radius 1 is 1.05 bits per heavy atom. The van der Waals surface area contributed by atoms with Gasteiger partial charge in [0.15, 0.2) is 17.0 Å². The predicted molar refractivity (Wildman–Crippen MR) is 168 cm³/mol. The van der Waals surface area contributed by atoms with Crippen LogP contribution < -0.4 is 0 Å². The molecule has 2 aliphatic rings. The van der Waals surface area contributed by atoms with Crippen molar-refractivity contribution >= 4 is 46.0 Å². The van der Waals surface area contributed by atoms with E-state index in [-0.39, 0.29) is 34.9 Å². The number of amides is 1. The van der Waals surface area contributed by atoms with Crippen molar-refractivity contribution in [1.29, 1.82) is 0 Å². The molecule has 1 amide bonds. The van der Waals surface area contributed by atoms with Gasteiger partial charge in [-0.3, -0.25) is 4.79 Å². The Kier molecular flexibility index (Phi) is 7.25. The predicted octanol–water partition coefficient (Wildman–Crippen LogP) is 9.10. The fourth-order valence-corrected chi connectivity index (χ4v) is 7.59. The molecule has 2 atom stereocenters. The highest BCUT2D eigenvalue weighted by Gasteiger charge is 2.45. The lowest BCUT2D eigenvalue weighted by Crippen LogP contribution is -2.31. The van der Waals surface area contributed by atoms with Crippen LogP contribution in [0.15, 0.2) is 82.1 Å². The summed E-state index contributed by atoms with van der Waals surface area (Å²) in [5.74, 6) is -0.284. The molecule has 44 heavy (non-hydrogen) atoms. The lowest BCUT2D eigenvalue weighted by molar-refractivity contribution is -0.142. The van der Waals surface area contributed by atoms with E-state index in [2.05, 4.69) is 30.0 Å². The van der Waals surface area contributed by atoms with E-state index >= 15 is 0 Å². The number of benzene rings is 1. The summed E-state index contributed by atoms with van der Waals surface area (Å²) in [5.41, 5.74) is 2.54. The minimum Gasteiger partial charge on any atom is -0.265 e. The van der Waals surface area contributed by atoms with Gasteiger partial charge in [0.25, 0.3) is 5.91 Å². The first kappa shape index (κ1) is 28.7. The van der Waals surface area contributed by atoms with Crippen LogP contribution in [0.3, 0.4) is 0 Å². The minimum atomic E-state index is -4.72. The van der Waals surface area contributed by atoms with Crippen LogP contribution in [0, 0.1) is 5.92 Å². The molecule has 0 saturated heterocycles. The summed E-state index contributed by atoms with van der Waals surface area (Å²) in [5, 5.41) is 14.4. The molecule has 6 nitrogen and oxygen atoms in total. The number of carbonyl (C=O) groups is 1. The van der Waals surface area contributed by atoms with Crippen molar-refractivity contribution in [1.82, 2.24) is 19.6 Å². The maximum absolute atomic E-state index is 14.3. The second kappa shape index (κ2) is 11.1. The highest BCUT2D eigenvalue weighted by atomic mass is 32.1. The standard InChI is InChI=1S/C33H28F3N5OS2/c1-19(2)20-10-12-21(13-11-20)25-17-28(33(34,35)36)40-29(37-25)18-26(38-40)32(42)41-31(27-9-5-15-44-27)24-8-3-6-22(30(24)39-41)16-23-7-4-14-43-23/h4-5,7,9-19,24,31H,3,6,8H2,1-2H3/b22-16+/t24-,31+/m1/s1. The number of hydrazone groups is 1. The number of rotatable bonds is 5. The zero-order chi connectivity index (χ0) is 30.6. The number of hydrogen-bond donors (Lipinski definition) is 0. The normalized spacial score (nSPS) is 19.6. The van der Waals surface area contributed by atoms with Crippen molar-refractivity contribution in [2.45, 2.75) is 51.2 Å². The van der Waals surface area contributed by atoms with Gasteiger partial charge >= 0.3 is 6.18 Å². The van der Waals surface area contributed by atoms with Crippen molar-refractivity contribution in [2.75, 3.05) is 0 Å². The molecule has 5 heterocycles. The second-order valence-electron chi connectivity index (χ2n) is 11.4. The summed E-state index contributed by atoms with van der Waals surface area (Å²) in [4.78, 5) is 20.7. The molecule has 1 aliphatic carbocycles. The van der Waals surface area contributed by atoms with Gasteiger partial charge < -0.3 is 0 Å². The molecule has 1 aliphatic heterocycles. The smallest absolute Gasteiger partial charge is 0.265 e. The van der Waals surface area contributed by atoms with Crippen LogP contribution in [0.1, 0.15) is 76.6 Å². The Bertz CT molecular complexity index is 1890. The Morgan fingerprint density at radius 2 is 1.82 bits per heavy atom. The fourth-order valence-electron chi connectivity index (χ4n) is 6.04. The lowest BCUT2D eigenvalue weighted by atomic mass is 9.79. The zero-order valence-corrected chi connectivity index (χ0v) is 25.6. The van der Waals surface area contributed by atoms with E-state index in [0.29, 0.717) is 5.56 Å². The van der Waals surface area contributed by atoms with Gasteiger partial charge in [-0.1, -0.05) is 50.2 Å². The molecule has 0 radical (unpaired) electrons. The van der Waals surface area contributed by atoms with Crippen LogP contribution in [0.25, 0.3) is 23.0 Å².